The van der Waals surface area contributed by atoms with Crippen molar-refractivity contribution < 1.29 is 87.8 Å². The van der Waals surface area contributed by atoms with Gasteiger partial charge in [0, 0.05) is 12.2 Å². The lowest BCUT2D eigenvalue weighted by molar-refractivity contribution is -0.271. The van der Waals surface area contributed by atoms with Gasteiger partial charge in [0.2, 0.25) is 5.83 Å². The summed E-state index contributed by atoms with van der Waals surface area (Å²) < 4.78 is 223. The Morgan fingerprint density at radius 1 is 0.543 bits per heavy atom. The first-order valence-corrected chi connectivity index (χ1v) is 7.28. The summed E-state index contributed by atoms with van der Waals surface area (Å²) in [5.74, 6) is -18.0. The van der Waals surface area contributed by atoms with Gasteiger partial charge in [-0.15, -0.1) is 6.58 Å². The number of rotatable bonds is 2. The summed E-state index contributed by atoms with van der Waals surface area (Å²) in [5.41, 5.74) is 0. The van der Waals surface area contributed by atoms with Crippen LogP contribution in [0, 0.1) is 0 Å². The third-order valence-corrected chi connectivity index (χ3v) is 1.96. The van der Waals surface area contributed by atoms with E-state index in [0.717, 1.165) is 0 Å². The Hall–Kier alpha value is -2.44. The molecule has 0 aromatic rings. The van der Waals surface area contributed by atoms with E-state index in [1.807, 2.05) is 13.5 Å². The van der Waals surface area contributed by atoms with Crippen LogP contribution >= 0.6 is 0 Å². The fourth-order valence-electron chi connectivity index (χ4n) is 0.586. The Morgan fingerprint density at radius 3 is 0.829 bits per heavy atom. The molecule has 0 aliphatic heterocycles. The highest BCUT2D eigenvalue weighted by molar-refractivity contribution is 5.08. The molecule has 0 saturated heterocycles. The van der Waals surface area contributed by atoms with E-state index >= 15 is 0 Å². The zero-order valence-corrected chi connectivity index (χ0v) is 16.2. The number of alkyl halides is 16. The third-order valence-electron chi connectivity index (χ3n) is 1.96. The summed E-state index contributed by atoms with van der Waals surface area (Å²) in [6.07, 6.45) is -25.7. The van der Waals surface area contributed by atoms with E-state index < -0.39 is 66.4 Å². The Bertz CT molecular complexity index is 674. The van der Waals surface area contributed by atoms with E-state index in [4.69, 9.17) is 0 Å². The standard InChI is InChI=1S/C4F8.2C4H2F6.C3H6/c5-1(2(6)7)3(8,9)4(10,11)12;1-2(5)3(6,7)4(8,9)10;5-3(6,7)1-2-4(8,9)10;1-3-2/h;1H2;1-2H;3H,1H2,2H3. The number of hydrogen-bond acceptors (Lipinski definition) is 0. The second-order valence-corrected chi connectivity index (χ2v) is 4.95. The summed E-state index contributed by atoms with van der Waals surface area (Å²) in [6.45, 7) is 7.11. The van der Waals surface area contributed by atoms with Crippen molar-refractivity contribution in [3.05, 3.63) is 49.1 Å². The van der Waals surface area contributed by atoms with Gasteiger partial charge in [-0.25, -0.2) is 4.39 Å². The normalized spacial score (nSPS) is 12.8. The maximum atomic E-state index is 11.5. The van der Waals surface area contributed by atoms with Gasteiger partial charge in [-0.3, -0.25) is 0 Å². The molecule has 210 valence electrons. The van der Waals surface area contributed by atoms with Gasteiger partial charge in [-0.2, -0.15) is 83.4 Å². The largest absolute Gasteiger partial charge is 0.460 e. The molecule has 0 bridgehead atoms. The summed E-state index contributed by atoms with van der Waals surface area (Å²) in [5, 5.41) is 0. The lowest BCUT2D eigenvalue weighted by Gasteiger charge is -2.16. The average Bonchev–Trinajstić information content (AvgIpc) is 2.58. The Labute approximate surface area is 181 Å². The number of allylic oxidation sites excluding steroid dienone is 5. The van der Waals surface area contributed by atoms with Gasteiger partial charge in [0.05, 0.1) is 0 Å². The van der Waals surface area contributed by atoms with Crippen LogP contribution < -0.4 is 0 Å². The minimum atomic E-state index is -6.35. The van der Waals surface area contributed by atoms with E-state index in [1.54, 1.807) is 6.08 Å². The second kappa shape index (κ2) is 14.2. The van der Waals surface area contributed by atoms with Crippen molar-refractivity contribution in [2.24, 2.45) is 0 Å². The molecule has 0 aromatic carbocycles. The van der Waals surface area contributed by atoms with Crippen LogP contribution in [0.3, 0.4) is 0 Å². The monoisotopic (exact) mass is 570 g/mol. The van der Waals surface area contributed by atoms with Crippen molar-refractivity contribution in [2.75, 3.05) is 0 Å². The van der Waals surface area contributed by atoms with Gasteiger partial charge < -0.3 is 0 Å². The van der Waals surface area contributed by atoms with E-state index in [9.17, 15) is 87.8 Å². The Morgan fingerprint density at radius 2 is 0.771 bits per heavy atom. The predicted molar refractivity (Wildman–Crippen MR) is 79.7 cm³/mol. The smallest absolute Gasteiger partial charge is 0.205 e. The molecule has 0 aliphatic rings. The van der Waals surface area contributed by atoms with Gasteiger partial charge in [0.25, 0.3) is 0 Å². The number of halogens is 20. The van der Waals surface area contributed by atoms with Crippen LogP contribution in [0.5, 0.6) is 0 Å². The van der Waals surface area contributed by atoms with Gasteiger partial charge in [0.1, 0.15) is 0 Å². The maximum absolute atomic E-state index is 11.5. The second-order valence-electron chi connectivity index (χ2n) is 4.95. The minimum Gasteiger partial charge on any atom is -0.205 e. The van der Waals surface area contributed by atoms with Crippen molar-refractivity contribution in [3.8, 4) is 0 Å². The van der Waals surface area contributed by atoms with Crippen molar-refractivity contribution in [3.63, 3.8) is 0 Å². The van der Waals surface area contributed by atoms with Crippen LogP contribution in [0.15, 0.2) is 49.1 Å². The van der Waals surface area contributed by atoms with Crippen LogP contribution in [-0.4, -0.2) is 36.6 Å². The average molecular weight is 570 g/mol. The van der Waals surface area contributed by atoms with Gasteiger partial charge >= 0.3 is 42.6 Å². The molecule has 0 atom stereocenters. The van der Waals surface area contributed by atoms with Crippen LogP contribution in [0.2, 0.25) is 0 Å². The number of hydrogen-bond donors (Lipinski definition) is 0. The molecule has 0 saturated carbocycles. The molecule has 0 unspecified atom stereocenters. The molecule has 0 amide bonds. The van der Waals surface area contributed by atoms with Crippen LogP contribution in [0.1, 0.15) is 6.92 Å². The molecule has 0 spiro atoms. The molecule has 0 fully saturated rings. The molecule has 0 N–H and O–H groups in total. The van der Waals surface area contributed by atoms with Crippen LogP contribution in [0.25, 0.3) is 0 Å². The van der Waals surface area contributed by atoms with Crippen molar-refractivity contribution in [2.45, 2.75) is 43.5 Å². The topological polar surface area (TPSA) is 0 Å². The van der Waals surface area contributed by atoms with E-state index in [0.29, 0.717) is 0 Å². The van der Waals surface area contributed by atoms with E-state index in [2.05, 4.69) is 6.58 Å². The van der Waals surface area contributed by atoms with Crippen LogP contribution in [-0.2, 0) is 0 Å². The van der Waals surface area contributed by atoms with Gasteiger partial charge in [0.15, 0.2) is 5.83 Å². The maximum Gasteiger partial charge on any atom is 0.460 e. The quantitative estimate of drug-likeness (QED) is 0.229. The van der Waals surface area contributed by atoms with Crippen molar-refractivity contribution >= 4 is 0 Å². The SMILES string of the molecule is C=C(F)C(F)(F)C(F)(F)F.C=CC.FC(F)(F)C=CC(F)(F)F.FC(F)=C(F)C(F)(F)C(F)(F)F. The molecule has 0 heterocycles. The fourth-order valence-corrected chi connectivity index (χ4v) is 0.586. The molecule has 20 heteroatoms. The van der Waals surface area contributed by atoms with Gasteiger partial charge in [-0.1, -0.05) is 12.7 Å². The predicted octanol–water partition coefficient (Wildman–Crippen LogP) is 9.79. The summed E-state index contributed by atoms with van der Waals surface area (Å²) >= 11 is 0. The fraction of sp³-hybridized carbons (Fsp3) is 0.467. The zero-order valence-electron chi connectivity index (χ0n) is 16.2. The van der Waals surface area contributed by atoms with Gasteiger partial charge in [-0.05, 0) is 6.92 Å². The molecule has 0 aromatic heterocycles. The molecular weight excluding hydrogens is 560 g/mol. The first-order chi connectivity index (χ1) is 14.9. The first kappa shape index (κ1) is 39.8. The van der Waals surface area contributed by atoms with E-state index in [-0.39, 0.29) is 0 Å². The highest BCUT2D eigenvalue weighted by Gasteiger charge is 2.63. The third kappa shape index (κ3) is 18.5. The molecule has 0 aliphatic carbocycles. The van der Waals surface area contributed by atoms with Crippen molar-refractivity contribution in [1.29, 1.82) is 0 Å². The summed E-state index contributed by atoms with van der Waals surface area (Å²) in [6, 6.07) is 0. The molecule has 0 radical (unpaired) electrons. The Balaban J connectivity index is -0.000000195. The highest BCUT2D eigenvalue weighted by atomic mass is 19.4. The zero-order chi connectivity index (χ0) is 29.9. The lowest BCUT2D eigenvalue weighted by Crippen LogP contribution is -2.37. The first-order valence-electron chi connectivity index (χ1n) is 7.28. The highest BCUT2D eigenvalue weighted by Crippen LogP contribution is 2.43. The molecular formula is C15H10F20. The van der Waals surface area contributed by atoms with E-state index in [1.165, 1.54) is 0 Å². The summed E-state index contributed by atoms with van der Waals surface area (Å²) in [4.78, 5) is 0. The van der Waals surface area contributed by atoms with Crippen molar-refractivity contribution in [1.82, 2.24) is 0 Å². The molecule has 35 heavy (non-hydrogen) atoms. The van der Waals surface area contributed by atoms with Crippen LogP contribution in [0.4, 0.5) is 87.8 Å². The molecule has 0 nitrogen and oxygen atoms in total. The minimum absolute atomic E-state index is 0.854. The lowest BCUT2D eigenvalue weighted by atomic mass is 10.3. The Kier molecular flexibility index (Phi) is 16.1. The molecule has 0 rings (SSSR count). The summed E-state index contributed by atoms with van der Waals surface area (Å²) in [7, 11) is 0.